The second kappa shape index (κ2) is 70.9. The molecule has 0 aromatic heterocycles. The molecule has 6 nitrogen and oxygen atoms in total. The summed E-state index contributed by atoms with van der Waals surface area (Å²) in [7, 11) is 0. The van der Waals surface area contributed by atoms with E-state index in [0.717, 1.165) is 83.5 Å². The summed E-state index contributed by atoms with van der Waals surface area (Å²) in [6.07, 6.45) is 90.2. The Bertz CT molecular complexity index is 1410. The van der Waals surface area contributed by atoms with E-state index in [2.05, 4.69) is 69.4 Å². The van der Waals surface area contributed by atoms with Gasteiger partial charge in [-0.2, -0.15) is 0 Å². The highest BCUT2D eigenvalue weighted by Crippen LogP contribution is 2.19. The highest BCUT2D eigenvalue weighted by atomic mass is 16.6. The Hall–Kier alpha value is -2.63. The maximum absolute atomic E-state index is 13.0. The fraction of sp³-hybridized carbons (Fsp3) is 0.855. The molecule has 0 saturated carbocycles. The molecule has 0 aliphatic heterocycles. The van der Waals surface area contributed by atoms with Crippen LogP contribution in [-0.2, 0) is 28.6 Å². The van der Waals surface area contributed by atoms with Crippen molar-refractivity contribution in [2.45, 2.75) is 406 Å². The molecule has 0 spiro atoms. The van der Waals surface area contributed by atoms with Crippen molar-refractivity contribution in [3.63, 3.8) is 0 Å². The highest BCUT2D eigenvalue weighted by Gasteiger charge is 2.19. The predicted molar refractivity (Wildman–Crippen MR) is 358 cm³/mol. The van der Waals surface area contributed by atoms with Gasteiger partial charge in [0.15, 0.2) is 6.10 Å². The zero-order valence-electron chi connectivity index (χ0n) is 55.3. The zero-order valence-corrected chi connectivity index (χ0v) is 55.3. The minimum Gasteiger partial charge on any atom is -0.462 e. The lowest BCUT2D eigenvalue weighted by Gasteiger charge is -2.18. The monoisotopic (exact) mass is 1150 g/mol. The Kier molecular flexibility index (Phi) is 68.6. The zero-order chi connectivity index (χ0) is 59.2. The molecule has 0 radical (unpaired) electrons. The number of hydrogen-bond acceptors (Lipinski definition) is 6. The molecular formula is C76H140O6. The Morgan fingerprint density at radius 2 is 0.476 bits per heavy atom. The first-order valence-electron chi connectivity index (χ1n) is 36.6. The molecule has 0 N–H and O–H groups in total. The second-order valence-corrected chi connectivity index (χ2v) is 24.8. The van der Waals surface area contributed by atoms with Crippen molar-refractivity contribution in [1.29, 1.82) is 0 Å². The Morgan fingerprint density at radius 1 is 0.256 bits per heavy atom. The fourth-order valence-electron chi connectivity index (χ4n) is 11.1. The summed E-state index contributed by atoms with van der Waals surface area (Å²) < 4.78 is 17.0. The Morgan fingerprint density at radius 3 is 0.744 bits per heavy atom. The molecule has 0 heterocycles. The van der Waals surface area contributed by atoms with Gasteiger partial charge in [-0.15, -0.1) is 0 Å². The van der Waals surface area contributed by atoms with Gasteiger partial charge in [-0.25, -0.2) is 0 Å². The number of rotatable bonds is 68. The van der Waals surface area contributed by atoms with Crippen LogP contribution in [0.4, 0.5) is 0 Å². The van der Waals surface area contributed by atoms with Crippen molar-refractivity contribution >= 4 is 17.9 Å². The van der Waals surface area contributed by atoms with E-state index in [1.807, 2.05) is 0 Å². The van der Waals surface area contributed by atoms with Gasteiger partial charge in [0.1, 0.15) is 13.2 Å². The molecule has 0 rings (SSSR count). The van der Waals surface area contributed by atoms with Gasteiger partial charge in [-0.05, 0) is 57.8 Å². The molecule has 1 atom stereocenters. The first kappa shape index (κ1) is 79.4. The van der Waals surface area contributed by atoms with Crippen molar-refractivity contribution in [2.24, 2.45) is 0 Å². The lowest BCUT2D eigenvalue weighted by atomic mass is 10.0. The molecule has 0 aromatic carbocycles. The molecule has 1 unspecified atom stereocenters. The van der Waals surface area contributed by atoms with Crippen LogP contribution in [0, 0.1) is 0 Å². The van der Waals surface area contributed by atoms with Crippen LogP contribution >= 0.6 is 0 Å². The molecule has 0 saturated heterocycles. The summed E-state index contributed by atoms with van der Waals surface area (Å²) in [4.78, 5) is 38.4. The molecule has 0 aromatic rings. The standard InChI is InChI=1S/C76H140O6/c1-4-7-10-13-16-19-22-25-27-29-31-33-35-36-37-38-39-40-42-43-45-47-49-51-54-57-60-63-66-69-75(78)81-72-73(71-80-74(77)68-65-62-59-56-53-24-21-18-15-12-9-6-3)82-76(79)70-67-64-61-58-55-52-50-48-46-44-41-34-32-30-28-26-23-20-17-14-11-8-5-2/h8,11,17,20,26,28,32,34,73H,4-7,9-10,12-16,18-19,21-25,27,29-31,33,35-72H2,1-3H3/b11-8-,20-17-,28-26-,34-32-. The van der Waals surface area contributed by atoms with E-state index in [0.29, 0.717) is 19.3 Å². The summed E-state index contributed by atoms with van der Waals surface area (Å²) >= 11 is 0. The van der Waals surface area contributed by atoms with Crippen molar-refractivity contribution in [2.75, 3.05) is 13.2 Å². The van der Waals surface area contributed by atoms with Crippen molar-refractivity contribution in [3.8, 4) is 0 Å². The summed E-state index contributed by atoms with van der Waals surface area (Å²) in [6, 6.07) is 0. The number of unbranched alkanes of at least 4 members (excludes halogenated alkanes) is 49. The van der Waals surface area contributed by atoms with E-state index < -0.39 is 6.10 Å². The number of esters is 3. The van der Waals surface area contributed by atoms with E-state index in [4.69, 9.17) is 14.2 Å². The minimum atomic E-state index is -0.773. The van der Waals surface area contributed by atoms with Crippen LogP contribution in [0.1, 0.15) is 400 Å². The van der Waals surface area contributed by atoms with Crippen LogP contribution in [0.15, 0.2) is 48.6 Å². The number of carbonyl (C=O) groups is 3. The molecule has 0 bridgehead atoms. The highest BCUT2D eigenvalue weighted by molar-refractivity contribution is 5.71. The molecular weight excluding hydrogens is 1010 g/mol. The van der Waals surface area contributed by atoms with Crippen LogP contribution < -0.4 is 0 Å². The van der Waals surface area contributed by atoms with E-state index in [1.165, 1.54) is 276 Å². The van der Waals surface area contributed by atoms with Crippen LogP contribution in [0.2, 0.25) is 0 Å². The van der Waals surface area contributed by atoms with Gasteiger partial charge < -0.3 is 14.2 Å². The van der Waals surface area contributed by atoms with Gasteiger partial charge in [0.05, 0.1) is 0 Å². The van der Waals surface area contributed by atoms with Gasteiger partial charge in [0, 0.05) is 19.3 Å². The predicted octanol–water partition coefficient (Wildman–Crippen LogP) is 25.3. The van der Waals surface area contributed by atoms with E-state index in [9.17, 15) is 14.4 Å². The maximum Gasteiger partial charge on any atom is 0.306 e. The molecule has 0 fully saturated rings. The molecule has 480 valence electrons. The third-order valence-electron chi connectivity index (χ3n) is 16.6. The Labute approximate surface area is 511 Å². The number of ether oxygens (including phenoxy) is 3. The summed E-state index contributed by atoms with van der Waals surface area (Å²) in [5.41, 5.74) is 0. The Balaban J connectivity index is 4.17. The van der Waals surface area contributed by atoms with Gasteiger partial charge >= 0.3 is 17.9 Å². The molecule has 0 aliphatic carbocycles. The van der Waals surface area contributed by atoms with Gasteiger partial charge in [-0.1, -0.05) is 371 Å². The first-order chi connectivity index (χ1) is 40.5. The van der Waals surface area contributed by atoms with E-state index >= 15 is 0 Å². The maximum atomic E-state index is 13.0. The van der Waals surface area contributed by atoms with Crippen LogP contribution in [-0.4, -0.2) is 37.2 Å². The number of carbonyl (C=O) groups excluding carboxylic acids is 3. The SMILES string of the molecule is CC/C=C\C/C=C\C/C=C\C/C=C\CCCCCCCCCCCCC(=O)OC(COC(=O)CCCCCCCCCCCCCC)COC(=O)CCCCCCCCCCCCCCCCCCCCCCCCCCCCCCC. The van der Waals surface area contributed by atoms with Gasteiger partial charge in [0.2, 0.25) is 0 Å². The number of allylic oxidation sites excluding steroid dienone is 8. The van der Waals surface area contributed by atoms with Gasteiger partial charge in [0.25, 0.3) is 0 Å². The third kappa shape index (κ3) is 68.2. The van der Waals surface area contributed by atoms with Crippen LogP contribution in [0.3, 0.4) is 0 Å². The lowest BCUT2D eigenvalue weighted by molar-refractivity contribution is -0.167. The second-order valence-electron chi connectivity index (χ2n) is 24.8. The van der Waals surface area contributed by atoms with Crippen molar-refractivity contribution in [1.82, 2.24) is 0 Å². The number of hydrogen-bond donors (Lipinski definition) is 0. The van der Waals surface area contributed by atoms with Gasteiger partial charge in [-0.3, -0.25) is 14.4 Å². The molecule has 82 heavy (non-hydrogen) atoms. The van der Waals surface area contributed by atoms with Crippen LogP contribution in [0.25, 0.3) is 0 Å². The summed E-state index contributed by atoms with van der Waals surface area (Å²) in [5, 5.41) is 0. The quantitative estimate of drug-likeness (QED) is 0.0261. The average Bonchev–Trinajstić information content (AvgIpc) is 3.47. The van der Waals surface area contributed by atoms with Crippen molar-refractivity contribution < 1.29 is 28.6 Å². The largest absolute Gasteiger partial charge is 0.462 e. The summed E-state index contributed by atoms with van der Waals surface area (Å²) in [5.74, 6) is -0.845. The topological polar surface area (TPSA) is 78.9 Å². The third-order valence-corrected chi connectivity index (χ3v) is 16.6. The van der Waals surface area contributed by atoms with Crippen LogP contribution in [0.5, 0.6) is 0 Å². The smallest absolute Gasteiger partial charge is 0.306 e. The van der Waals surface area contributed by atoms with E-state index in [1.54, 1.807) is 0 Å². The molecule has 0 aliphatic rings. The normalized spacial score (nSPS) is 12.3. The van der Waals surface area contributed by atoms with Crippen molar-refractivity contribution in [3.05, 3.63) is 48.6 Å². The molecule has 0 amide bonds. The summed E-state index contributed by atoms with van der Waals surface area (Å²) in [6.45, 7) is 6.60. The molecule has 6 heteroatoms. The average molecular weight is 1150 g/mol. The van der Waals surface area contributed by atoms with E-state index in [-0.39, 0.29) is 31.1 Å². The first-order valence-corrected chi connectivity index (χ1v) is 36.6. The fourth-order valence-corrected chi connectivity index (χ4v) is 11.1. The minimum absolute atomic E-state index is 0.0690. The lowest BCUT2D eigenvalue weighted by Crippen LogP contribution is -2.30.